The van der Waals surface area contributed by atoms with Gasteiger partial charge in [0.1, 0.15) is 0 Å². The lowest BCUT2D eigenvalue weighted by Crippen LogP contribution is -2.26. The van der Waals surface area contributed by atoms with Crippen LogP contribution in [0, 0.1) is 6.92 Å². The molecule has 2 aromatic heterocycles. The van der Waals surface area contributed by atoms with E-state index in [-0.39, 0.29) is 11.6 Å². The topological polar surface area (TPSA) is 94.1 Å². The summed E-state index contributed by atoms with van der Waals surface area (Å²) in [7, 11) is 0. The SMILES string of the molecule is Cc1ccc(-c2cc(C(=O)NCCc3nc(-c4ccccc4)no3)no2)cc1. The van der Waals surface area contributed by atoms with Gasteiger partial charge in [-0.25, -0.2) is 0 Å². The summed E-state index contributed by atoms with van der Waals surface area (Å²) in [6, 6.07) is 19.0. The minimum absolute atomic E-state index is 0.228. The van der Waals surface area contributed by atoms with Gasteiger partial charge in [-0.15, -0.1) is 0 Å². The van der Waals surface area contributed by atoms with E-state index in [1.807, 2.05) is 61.5 Å². The van der Waals surface area contributed by atoms with E-state index in [0.717, 1.165) is 16.7 Å². The van der Waals surface area contributed by atoms with Crippen LogP contribution in [0.4, 0.5) is 0 Å². The summed E-state index contributed by atoms with van der Waals surface area (Å²) in [5, 5.41) is 10.6. The van der Waals surface area contributed by atoms with Crippen molar-refractivity contribution in [3.05, 3.63) is 77.8 Å². The molecule has 0 saturated carbocycles. The predicted octanol–water partition coefficient (Wildman–Crippen LogP) is 3.67. The fourth-order valence-electron chi connectivity index (χ4n) is 2.67. The van der Waals surface area contributed by atoms with E-state index < -0.39 is 0 Å². The number of aryl methyl sites for hydroxylation is 1. The maximum absolute atomic E-state index is 12.3. The van der Waals surface area contributed by atoms with Gasteiger partial charge >= 0.3 is 0 Å². The van der Waals surface area contributed by atoms with Crippen LogP contribution in [0.5, 0.6) is 0 Å². The van der Waals surface area contributed by atoms with E-state index in [1.165, 1.54) is 0 Å². The summed E-state index contributed by atoms with van der Waals surface area (Å²) in [6.07, 6.45) is 0.425. The Morgan fingerprint density at radius 3 is 2.54 bits per heavy atom. The number of nitrogens with one attached hydrogen (secondary N) is 1. The first-order chi connectivity index (χ1) is 13.7. The molecule has 2 aromatic carbocycles. The molecular weight excluding hydrogens is 356 g/mol. The molecule has 2 heterocycles. The Labute approximate surface area is 161 Å². The smallest absolute Gasteiger partial charge is 0.273 e. The number of nitrogens with zero attached hydrogens (tertiary/aromatic N) is 3. The van der Waals surface area contributed by atoms with Crippen LogP contribution in [0.2, 0.25) is 0 Å². The van der Waals surface area contributed by atoms with E-state index in [9.17, 15) is 4.79 Å². The third-order valence-electron chi connectivity index (χ3n) is 4.20. The molecule has 140 valence electrons. The van der Waals surface area contributed by atoms with Crippen LogP contribution in [0.25, 0.3) is 22.7 Å². The second kappa shape index (κ2) is 7.87. The van der Waals surface area contributed by atoms with Crippen molar-refractivity contribution in [3.8, 4) is 22.7 Å². The zero-order valence-corrected chi connectivity index (χ0v) is 15.3. The second-order valence-electron chi connectivity index (χ2n) is 6.33. The molecule has 1 N–H and O–H groups in total. The maximum Gasteiger partial charge on any atom is 0.273 e. The van der Waals surface area contributed by atoms with Gasteiger partial charge in [-0.1, -0.05) is 70.5 Å². The van der Waals surface area contributed by atoms with Gasteiger partial charge in [0.25, 0.3) is 5.91 Å². The Bertz CT molecular complexity index is 1070. The molecule has 1 amide bonds. The first-order valence-electron chi connectivity index (χ1n) is 8.89. The molecule has 0 aliphatic rings. The largest absolute Gasteiger partial charge is 0.355 e. The number of amides is 1. The molecule has 7 heteroatoms. The highest BCUT2D eigenvalue weighted by molar-refractivity contribution is 5.93. The number of hydrogen-bond acceptors (Lipinski definition) is 6. The molecular formula is C21H18N4O3. The summed E-state index contributed by atoms with van der Waals surface area (Å²) >= 11 is 0. The van der Waals surface area contributed by atoms with Crippen molar-refractivity contribution >= 4 is 5.91 Å². The summed E-state index contributed by atoms with van der Waals surface area (Å²) in [5.74, 6) is 1.22. The number of rotatable bonds is 6. The van der Waals surface area contributed by atoms with E-state index in [2.05, 4.69) is 20.6 Å². The molecule has 0 aliphatic heterocycles. The Kier molecular flexibility index (Phi) is 4.97. The average molecular weight is 374 g/mol. The van der Waals surface area contributed by atoms with Crippen molar-refractivity contribution in [1.82, 2.24) is 20.6 Å². The lowest BCUT2D eigenvalue weighted by atomic mass is 10.1. The van der Waals surface area contributed by atoms with E-state index in [0.29, 0.717) is 30.4 Å². The van der Waals surface area contributed by atoms with Crippen LogP contribution in [0.1, 0.15) is 21.9 Å². The predicted molar refractivity (Wildman–Crippen MR) is 102 cm³/mol. The first-order valence-corrected chi connectivity index (χ1v) is 8.89. The molecule has 4 aromatic rings. The average Bonchev–Trinajstić information content (AvgIpc) is 3.39. The van der Waals surface area contributed by atoms with Gasteiger partial charge in [-0.05, 0) is 6.92 Å². The minimum atomic E-state index is -0.315. The van der Waals surface area contributed by atoms with Crippen molar-refractivity contribution in [2.24, 2.45) is 0 Å². The fraction of sp³-hybridized carbons (Fsp3) is 0.143. The third kappa shape index (κ3) is 3.98. The van der Waals surface area contributed by atoms with Gasteiger partial charge in [0.15, 0.2) is 11.5 Å². The molecule has 28 heavy (non-hydrogen) atoms. The highest BCUT2D eigenvalue weighted by atomic mass is 16.5. The molecule has 7 nitrogen and oxygen atoms in total. The molecule has 0 saturated heterocycles. The van der Waals surface area contributed by atoms with Crippen molar-refractivity contribution in [1.29, 1.82) is 0 Å². The van der Waals surface area contributed by atoms with Gasteiger partial charge < -0.3 is 14.4 Å². The Morgan fingerprint density at radius 1 is 0.964 bits per heavy atom. The summed E-state index contributed by atoms with van der Waals surface area (Å²) < 4.78 is 10.5. The number of aromatic nitrogens is 3. The lowest BCUT2D eigenvalue weighted by Gasteiger charge is -1.99. The molecule has 0 radical (unpaired) electrons. The quantitative estimate of drug-likeness (QED) is 0.553. The van der Waals surface area contributed by atoms with Gasteiger partial charge in [0, 0.05) is 30.2 Å². The van der Waals surface area contributed by atoms with Crippen molar-refractivity contribution in [2.45, 2.75) is 13.3 Å². The normalized spacial score (nSPS) is 10.8. The van der Waals surface area contributed by atoms with Crippen LogP contribution in [0.15, 0.2) is 69.7 Å². The Morgan fingerprint density at radius 2 is 1.75 bits per heavy atom. The highest BCUT2D eigenvalue weighted by Crippen LogP contribution is 2.20. The van der Waals surface area contributed by atoms with Gasteiger partial charge in [-0.3, -0.25) is 4.79 Å². The number of benzene rings is 2. The zero-order valence-electron chi connectivity index (χ0n) is 15.3. The Hall–Kier alpha value is -3.74. The van der Waals surface area contributed by atoms with E-state index in [4.69, 9.17) is 9.05 Å². The number of carbonyl (C=O) groups excluding carboxylic acids is 1. The Balaban J connectivity index is 1.33. The molecule has 0 spiro atoms. The molecule has 0 aliphatic carbocycles. The van der Waals surface area contributed by atoms with Crippen LogP contribution >= 0.6 is 0 Å². The fourth-order valence-corrected chi connectivity index (χ4v) is 2.67. The second-order valence-corrected chi connectivity index (χ2v) is 6.33. The molecule has 0 atom stereocenters. The van der Waals surface area contributed by atoms with Crippen molar-refractivity contribution in [2.75, 3.05) is 6.54 Å². The van der Waals surface area contributed by atoms with Crippen molar-refractivity contribution < 1.29 is 13.8 Å². The maximum atomic E-state index is 12.3. The summed E-state index contributed by atoms with van der Waals surface area (Å²) in [5.41, 5.74) is 3.13. The minimum Gasteiger partial charge on any atom is -0.355 e. The van der Waals surface area contributed by atoms with Crippen LogP contribution in [0.3, 0.4) is 0 Å². The van der Waals surface area contributed by atoms with Crippen LogP contribution in [-0.2, 0) is 6.42 Å². The van der Waals surface area contributed by atoms with E-state index in [1.54, 1.807) is 6.07 Å². The molecule has 0 bridgehead atoms. The molecule has 0 fully saturated rings. The highest BCUT2D eigenvalue weighted by Gasteiger charge is 2.14. The third-order valence-corrected chi connectivity index (χ3v) is 4.20. The molecule has 4 rings (SSSR count). The van der Waals surface area contributed by atoms with Gasteiger partial charge in [0.2, 0.25) is 11.7 Å². The van der Waals surface area contributed by atoms with Crippen LogP contribution in [-0.4, -0.2) is 27.7 Å². The van der Waals surface area contributed by atoms with Gasteiger partial charge in [-0.2, -0.15) is 4.98 Å². The lowest BCUT2D eigenvalue weighted by molar-refractivity contribution is 0.0944. The standard InChI is InChI=1S/C21H18N4O3/c1-14-7-9-15(10-8-14)18-13-17(24-27-18)21(26)22-12-11-19-23-20(25-28-19)16-5-3-2-4-6-16/h2-10,13H,11-12H2,1H3,(H,22,26). The van der Waals surface area contributed by atoms with Gasteiger partial charge in [0.05, 0.1) is 0 Å². The zero-order chi connectivity index (χ0) is 19.3. The first kappa shape index (κ1) is 17.7. The van der Waals surface area contributed by atoms with Crippen molar-refractivity contribution in [3.63, 3.8) is 0 Å². The number of carbonyl (C=O) groups is 1. The molecule has 0 unspecified atom stereocenters. The monoisotopic (exact) mass is 374 g/mol. The number of hydrogen-bond donors (Lipinski definition) is 1. The summed E-state index contributed by atoms with van der Waals surface area (Å²) in [4.78, 5) is 16.6. The van der Waals surface area contributed by atoms with Crippen LogP contribution < -0.4 is 5.32 Å². The van der Waals surface area contributed by atoms with E-state index >= 15 is 0 Å². The summed E-state index contributed by atoms with van der Waals surface area (Å²) in [6.45, 7) is 2.36.